The molecule has 1 fully saturated rings. The Morgan fingerprint density at radius 2 is 2.10 bits per heavy atom. The smallest absolute Gasteiger partial charge is 0.381 e. The molecule has 1 saturated carbocycles. The zero-order chi connectivity index (χ0) is 15.5. The van der Waals surface area contributed by atoms with E-state index in [1.165, 1.54) is 12.5 Å². The van der Waals surface area contributed by atoms with E-state index >= 15 is 0 Å². The molecule has 114 valence electrons. The molecule has 1 aliphatic carbocycles. The summed E-state index contributed by atoms with van der Waals surface area (Å²) in [6.07, 6.45) is 1.06. The Hall–Kier alpha value is -1.70. The van der Waals surface area contributed by atoms with Gasteiger partial charge in [0, 0.05) is 6.04 Å². The van der Waals surface area contributed by atoms with Gasteiger partial charge in [0.15, 0.2) is 0 Å². The molecule has 0 saturated heterocycles. The predicted octanol–water partition coefficient (Wildman–Crippen LogP) is 4.96. The zero-order valence-electron chi connectivity index (χ0n) is 12.0. The Bertz CT molecular complexity index is 531. The normalized spacial score (nSPS) is 22.6. The van der Waals surface area contributed by atoms with Crippen LogP contribution in [0.2, 0.25) is 0 Å². The van der Waals surface area contributed by atoms with Crippen LogP contribution in [-0.4, -0.2) is 6.04 Å². The van der Waals surface area contributed by atoms with Crippen molar-refractivity contribution in [2.45, 2.75) is 51.2 Å². The highest BCUT2D eigenvalue weighted by molar-refractivity contribution is 5.59. The first-order chi connectivity index (χ1) is 9.94. The van der Waals surface area contributed by atoms with Gasteiger partial charge in [-0.1, -0.05) is 26.2 Å². The lowest BCUT2D eigenvalue weighted by molar-refractivity contribution is -0.137. The minimum Gasteiger partial charge on any atom is -0.381 e. The van der Waals surface area contributed by atoms with Gasteiger partial charge in [-0.2, -0.15) is 18.4 Å². The maximum absolute atomic E-state index is 12.7. The van der Waals surface area contributed by atoms with E-state index in [0.29, 0.717) is 11.6 Å². The van der Waals surface area contributed by atoms with E-state index in [9.17, 15) is 13.2 Å². The number of nitrogens with zero attached hydrogens (tertiary/aromatic N) is 1. The number of hydrogen-bond donors (Lipinski definition) is 1. The van der Waals surface area contributed by atoms with Crippen LogP contribution in [0.15, 0.2) is 18.2 Å². The van der Waals surface area contributed by atoms with E-state index in [0.717, 1.165) is 37.8 Å². The number of nitriles is 1. The van der Waals surface area contributed by atoms with Gasteiger partial charge in [-0.05, 0) is 37.0 Å². The topological polar surface area (TPSA) is 35.8 Å². The Morgan fingerprint density at radius 3 is 2.71 bits per heavy atom. The molecular weight excluding hydrogens is 277 g/mol. The third kappa shape index (κ3) is 3.90. The summed E-state index contributed by atoms with van der Waals surface area (Å²) in [4.78, 5) is 0. The fraction of sp³-hybridized carbons (Fsp3) is 0.562. The van der Waals surface area contributed by atoms with Crippen LogP contribution in [0.4, 0.5) is 18.9 Å². The molecule has 21 heavy (non-hydrogen) atoms. The third-order valence-corrected chi connectivity index (χ3v) is 4.19. The van der Waals surface area contributed by atoms with Crippen LogP contribution in [0.25, 0.3) is 0 Å². The average molecular weight is 296 g/mol. The van der Waals surface area contributed by atoms with Crippen molar-refractivity contribution in [3.8, 4) is 6.07 Å². The molecule has 1 aliphatic rings. The van der Waals surface area contributed by atoms with E-state index in [-0.39, 0.29) is 11.6 Å². The van der Waals surface area contributed by atoms with E-state index in [1.807, 2.05) is 6.07 Å². The first-order valence-electron chi connectivity index (χ1n) is 7.32. The van der Waals surface area contributed by atoms with E-state index < -0.39 is 11.7 Å². The molecule has 0 radical (unpaired) electrons. The van der Waals surface area contributed by atoms with Crippen molar-refractivity contribution in [2.24, 2.45) is 5.92 Å². The standard InChI is InChI=1S/C16H19F3N2/c1-2-11-4-3-5-14(8-11)21-15-7-6-13(16(17,18)19)9-12(15)10-20/h6-7,9,11,14,21H,2-5,8H2,1H3. The van der Waals surface area contributed by atoms with Gasteiger partial charge in [0.1, 0.15) is 6.07 Å². The van der Waals surface area contributed by atoms with Gasteiger partial charge >= 0.3 is 6.18 Å². The van der Waals surface area contributed by atoms with Crippen molar-refractivity contribution in [3.63, 3.8) is 0 Å². The highest BCUT2D eigenvalue weighted by Gasteiger charge is 2.31. The number of nitrogens with one attached hydrogen (secondary N) is 1. The third-order valence-electron chi connectivity index (χ3n) is 4.19. The molecule has 1 aromatic carbocycles. The molecular formula is C16H19F3N2. The summed E-state index contributed by atoms with van der Waals surface area (Å²) in [5.74, 6) is 0.663. The SMILES string of the molecule is CCC1CCCC(Nc2ccc(C(F)(F)F)cc2C#N)C1. The number of rotatable bonds is 3. The first kappa shape index (κ1) is 15.7. The van der Waals surface area contributed by atoms with E-state index in [4.69, 9.17) is 5.26 Å². The maximum Gasteiger partial charge on any atom is 0.416 e. The van der Waals surface area contributed by atoms with Crippen LogP contribution in [0.5, 0.6) is 0 Å². The molecule has 0 aromatic heterocycles. The van der Waals surface area contributed by atoms with Gasteiger partial charge in [0.2, 0.25) is 0 Å². The zero-order valence-corrected chi connectivity index (χ0v) is 12.0. The van der Waals surface area contributed by atoms with Crippen LogP contribution in [0, 0.1) is 17.2 Å². The number of alkyl halides is 3. The second-order valence-corrected chi connectivity index (χ2v) is 5.65. The minimum atomic E-state index is -4.41. The van der Waals surface area contributed by atoms with Crippen LogP contribution < -0.4 is 5.32 Å². The van der Waals surface area contributed by atoms with Gasteiger partial charge in [0.25, 0.3) is 0 Å². The van der Waals surface area contributed by atoms with Gasteiger partial charge in [0.05, 0.1) is 16.8 Å². The molecule has 1 N–H and O–H groups in total. The number of halogens is 3. The van der Waals surface area contributed by atoms with E-state index in [2.05, 4.69) is 12.2 Å². The second-order valence-electron chi connectivity index (χ2n) is 5.65. The first-order valence-corrected chi connectivity index (χ1v) is 7.32. The highest BCUT2D eigenvalue weighted by Crippen LogP contribution is 2.33. The number of anilines is 1. The molecule has 2 nitrogen and oxygen atoms in total. The molecule has 2 rings (SSSR count). The van der Waals surface area contributed by atoms with Gasteiger partial charge < -0.3 is 5.32 Å². The highest BCUT2D eigenvalue weighted by atomic mass is 19.4. The summed E-state index contributed by atoms with van der Waals surface area (Å²) in [7, 11) is 0. The van der Waals surface area contributed by atoms with Crippen molar-refractivity contribution in [2.75, 3.05) is 5.32 Å². The number of benzene rings is 1. The summed E-state index contributed by atoms with van der Waals surface area (Å²) >= 11 is 0. The minimum absolute atomic E-state index is 0.0587. The largest absolute Gasteiger partial charge is 0.416 e. The molecule has 5 heteroatoms. The summed E-state index contributed by atoms with van der Waals surface area (Å²) in [6.45, 7) is 2.16. The Kier molecular flexibility index (Phi) is 4.76. The summed E-state index contributed by atoms with van der Waals surface area (Å²) in [6, 6.07) is 5.43. The molecule has 2 unspecified atom stereocenters. The van der Waals surface area contributed by atoms with Gasteiger partial charge in [-0.3, -0.25) is 0 Å². The Labute approximate surface area is 123 Å². The van der Waals surface area contributed by atoms with E-state index in [1.54, 1.807) is 0 Å². The second kappa shape index (κ2) is 6.38. The van der Waals surface area contributed by atoms with Crippen LogP contribution >= 0.6 is 0 Å². The fourth-order valence-corrected chi connectivity index (χ4v) is 2.95. The molecule has 0 heterocycles. The molecule has 1 aromatic rings. The molecule has 0 bridgehead atoms. The quantitative estimate of drug-likeness (QED) is 0.856. The van der Waals surface area contributed by atoms with Crippen molar-refractivity contribution in [3.05, 3.63) is 29.3 Å². The lowest BCUT2D eigenvalue weighted by Crippen LogP contribution is -2.27. The van der Waals surface area contributed by atoms with Crippen molar-refractivity contribution < 1.29 is 13.2 Å². The monoisotopic (exact) mass is 296 g/mol. The molecule has 0 amide bonds. The van der Waals surface area contributed by atoms with Crippen LogP contribution in [0.3, 0.4) is 0 Å². The van der Waals surface area contributed by atoms with Crippen molar-refractivity contribution in [1.82, 2.24) is 0 Å². The Balaban J connectivity index is 2.15. The fourth-order valence-electron chi connectivity index (χ4n) is 2.95. The summed E-state index contributed by atoms with van der Waals surface area (Å²) < 4.78 is 38.0. The van der Waals surface area contributed by atoms with Gasteiger partial charge in [-0.15, -0.1) is 0 Å². The van der Waals surface area contributed by atoms with Crippen molar-refractivity contribution >= 4 is 5.69 Å². The maximum atomic E-state index is 12.7. The van der Waals surface area contributed by atoms with Crippen molar-refractivity contribution in [1.29, 1.82) is 5.26 Å². The summed E-state index contributed by atoms with van der Waals surface area (Å²) in [5.41, 5.74) is -0.213. The molecule has 0 spiro atoms. The van der Waals surface area contributed by atoms with Crippen LogP contribution in [0.1, 0.15) is 50.2 Å². The van der Waals surface area contributed by atoms with Crippen LogP contribution in [-0.2, 0) is 6.18 Å². The Morgan fingerprint density at radius 1 is 1.33 bits per heavy atom. The number of hydrogen-bond acceptors (Lipinski definition) is 2. The lowest BCUT2D eigenvalue weighted by Gasteiger charge is -2.30. The molecule has 0 aliphatic heterocycles. The molecule has 2 atom stereocenters. The lowest BCUT2D eigenvalue weighted by atomic mass is 9.84. The predicted molar refractivity (Wildman–Crippen MR) is 75.8 cm³/mol. The average Bonchev–Trinajstić information content (AvgIpc) is 2.46. The van der Waals surface area contributed by atoms with Gasteiger partial charge in [-0.25, -0.2) is 0 Å². The summed E-state index contributed by atoms with van der Waals surface area (Å²) in [5, 5.41) is 12.3.